The molecule has 2 amide bonds. The summed E-state index contributed by atoms with van der Waals surface area (Å²) in [7, 11) is 0. The molecule has 1 aromatic carbocycles. The number of aromatic nitrogens is 1. The van der Waals surface area contributed by atoms with E-state index >= 15 is 0 Å². The summed E-state index contributed by atoms with van der Waals surface area (Å²) >= 11 is 1.61. The summed E-state index contributed by atoms with van der Waals surface area (Å²) in [5.41, 5.74) is 1.04. The van der Waals surface area contributed by atoms with Crippen LogP contribution in [0.3, 0.4) is 0 Å². The van der Waals surface area contributed by atoms with Crippen LogP contribution in [0.4, 0.5) is 4.39 Å². The van der Waals surface area contributed by atoms with Gasteiger partial charge in [0, 0.05) is 39.6 Å². The Hall–Kier alpha value is -3.72. The first-order valence-electron chi connectivity index (χ1n) is 12.9. The number of thiophene rings is 1. The van der Waals surface area contributed by atoms with Crippen LogP contribution in [-0.4, -0.2) is 40.9 Å². The van der Waals surface area contributed by atoms with E-state index in [2.05, 4.69) is 22.2 Å². The number of benzene rings is 1. The van der Waals surface area contributed by atoms with Gasteiger partial charge < -0.3 is 15.4 Å². The van der Waals surface area contributed by atoms with Gasteiger partial charge in [-0.3, -0.25) is 19.5 Å². The molecule has 202 valence electrons. The number of ether oxygens (including phenoxy) is 1. The van der Waals surface area contributed by atoms with Crippen LogP contribution in [-0.2, 0) is 16.1 Å². The van der Waals surface area contributed by atoms with Crippen LogP contribution in [0.5, 0.6) is 5.75 Å². The molecule has 7 nitrogen and oxygen atoms in total. The molecule has 0 spiro atoms. The number of hydrogen-bond acceptors (Lipinski definition) is 6. The van der Waals surface area contributed by atoms with Crippen LogP contribution in [0, 0.1) is 5.82 Å². The molecule has 1 aliphatic heterocycles. The zero-order valence-corrected chi connectivity index (χ0v) is 22.9. The van der Waals surface area contributed by atoms with E-state index in [1.54, 1.807) is 48.9 Å². The van der Waals surface area contributed by atoms with Gasteiger partial charge >= 0.3 is 0 Å². The second-order valence-corrected chi connectivity index (χ2v) is 9.59. The van der Waals surface area contributed by atoms with Gasteiger partial charge in [-0.15, -0.1) is 11.3 Å². The van der Waals surface area contributed by atoms with E-state index in [9.17, 15) is 14.0 Å². The zero-order valence-electron chi connectivity index (χ0n) is 22.1. The Kier molecular flexibility index (Phi) is 10.8. The lowest BCUT2D eigenvalue weighted by Crippen LogP contribution is -2.46. The fourth-order valence-electron chi connectivity index (χ4n) is 4.07. The average Bonchev–Trinajstić information content (AvgIpc) is 3.54. The number of halogens is 1. The summed E-state index contributed by atoms with van der Waals surface area (Å²) in [6.07, 6.45) is 7.02. The highest BCUT2D eigenvalue weighted by molar-refractivity contribution is 7.19. The van der Waals surface area contributed by atoms with Crippen LogP contribution in [0.1, 0.15) is 44.9 Å². The predicted molar refractivity (Wildman–Crippen MR) is 150 cm³/mol. The molecule has 0 radical (unpaired) electrons. The van der Waals surface area contributed by atoms with Gasteiger partial charge in [0.1, 0.15) is 17.6 Å². The van der Waals surface area contributed by atoms with E-state index < -0.39 is 6.04 Å². The van der Waals surface area contributed by atoms with Crippen LogP contribution < -0.4 is 15.4 Å². The smallest absolute Gasteiger partial charge is 0.274 e. The standard InChI is InChI=1S/C27H29FN4O3S.C2H6/c1-3-23(30-12-4-14-35-21-8-6-20(28)7-9-21)27(34)32-18(2)5-10-24(32)26(33)31-17-22-15-19-16-29-13-11-25(19)36-22;1-2/h3,6-9,11,13,15-16,24,30H,2,4-5,10,12,14,17H2,1H3,(H,31,33);1-2H3/b23-3+;. The topological polar surface area (TPSA) is 83.6 Å². The minimum Gasteiger partial charge on any atom is -0.494 e. The van der Waals surface area contributed by atoms with Crippen LogP contribution >= 0.6 is 11.3 Å². The molecule has 0 aliphatic carbocycles. The van der Waals surface area contributed by atoms with Crippen LogP contribution in [0.25, 0.3) is 10.1 Å². The monoisotopic (exact) mass is 538 g/mol. The van der Waals surface area contributed by atoms with Crippen molar-refractivity contribution in [1.29, 1.82) is 0 Å². The summed E-state index contributed by atoms with van der Waals surface area (Å²) in [4.78, 5) is 33.0. The first-order chi connectivity index (χ1) is 18.5. The first-order valence-corrected chi connectivity index (χ1v) is 13.7. The molecular weight excluding hydrogens is 503 g/mol. The number of carbonyl (C=O) groups is 2. The normalized spacial score (nSPS) is 15.2. The van der Waals surface area contributed by atoms with Gasteiger partial charge in [0.25, 0.3) is 5.91 Å². The molecule has 1 atom stereocenters. The number of likely N-dealkylation sites (tertiary alicyclic amines) is 1. The average molecular weight is 539 g/mol. The third-order valence-electron chi connectivity index (χ3n) is 5.92. The third kappa shape index (κ3) is 7.41. The van der Waals surface area contributed by atoms with Gasteiger partial charge in [-0.25, -0.2) is 4.39 Å². The van der Waals surface area contributed by atoms with Crippen molar-refractivity contribution in [2.24, 2.45) is 0 Å². The SMILES string of the molecule is C=C1CCC(C(=O)NCc2cc3cnccc3s2)N1C(=O)/C(=C\C)NCCCOc1ccc(F)cc1.CC. The molecule has 3 aromatic rings. The molecule has 38 heavy (non-hydrogen) atoms. The van der Waals surface area contributed by atoms with Crippen molar-refractivity contribution in [2.75, 3.05) is 13.2 Å². The number of carbonyl (C=O) groups excluding carboxylic acids is 2. The fraction of sp³-hybridized carbons (Fsp3) is 0.345. The Morgan fingerprint density at radius 2 is 2.00 bits per heavy atom. The number of fused-ring (bicyclic) bond motifs is 1. The quantitative estimate of drug-likeness (QED) is 0.261. The summed E-state index contributed by atoms with van der Waals surface area (Å²) in [6, 6.07) is 9.22. The number of hydrogen-bond donors (Lipinski definition) is 2. The Balaban J connectivity index is 0.00000195. The fourth-order valence-corrected chi connectivity index (χ4v) is 5.04. The van der Waals surface area contributed by atoms with Crippen molar-refractivity contribution in [2.45, 2.75) is 52.6 Å². The van der Waals surface area contributed by atoms with E-state index in [1.165, 1.54) is 17.0 Å². The summed E-state index contributed by atoms with van der Waals surface area (Å²) in [5.74, 6) is -0.185. The maximum Gasteiger partial charge on any atom is 0.274 e. The van der Waals surface area contributed by atoms with Crippen molar-refractivity contribution >= 4 is 33.2 Å². The van der Waals surface area contributed by atoms with Gasteiger partial charge in [-0.2, -0.15) is 0 Å². The van der Waals surface area contributed by atoms with E-state index in [4.69, 9.17) is 4.74 Å². The Labute approximate surface area is 227 Å². The highest BCUT2D eigenvalue weighted by Crippen LogP contribution is 2.28. The highest BCUT2D eigenvalue weighted by atomic mass is 32.1. The number of rotatable bonds is 10. The molecule has 9 heteroatoms. The Bertz CT molecular complexity index is 1240. The van der Waals surface area contributed by atoms with E-state index in [1.807, 2.05) is 26.0 Å². The molecule has 0 bridgehead atoms. The number of nitrogens with one attached hydrogen (secondary N) is 2. The zero-order chi connectivity index (χ0) is 27.5. The second-order valence-electron chi connectivity index (χ2n) is 8.42. The lowest BCUT2D eigenvalue weighted by atomic mass is 10.2. The molecular formula is C29H35FN4O3S. The number of nitrogens with zero attached hydrogens (tertiary/aromatic N) is 2. The van der Waals surface area contributed by atoms with Gasteiger partial charge in [-0.1, -0.05) is 26.5 Å². The van der Waals surface area contributed by atoms with Crippen LogP contribution in [0.2, 0.25) is 0 Å². The van der Waals surface area contributed by atoms with Crippen LogP contribution in [0.15, 0.2) is 72.8 Å². The molecule has 1 saturated heterocycles. The minimum absolute atomic E-state index is 0.194. The van der Waals surface area contributed by atoms with Crippen molar-refractivity contribution < 1.29 is 18.7 Å². The molecule has 4 rings (SSSR count). The molecule has 3 heterocycles. The van der Waals surface area contributed by atoms with E-state index in [0.717, 1.165) is 15.0 Å². The van der Waals surface area contributed by atoms with Gasteiger partial charge in [0.05, 0.1) is 18.8 Å². The minimum atomic E-state index is -0.598. The number of pyridine rings is 1. The Morgan fingerprint density at radius 1 is 1.24 bits per heavy atom. The predicted octanol–water partition coefficient (Wildman–Crippen LogP) is 5.55. The molecule has 1 unspecified atom stereocenters. The maximum atomic E-state index is 13.3. The van der Waals surface area contributed by atoms with Crippen molar-refractivity contribution in [3.05, 3.63) is 83.5 Å². The number of amides is 2. The van der Waals surface area contributed by atoms with Gasteiger partial charge in [0.15, 0.2) is 0 Å². The van der Waals surface area contributed by atoms with E-state index in [-0.39, 0.29) is 17.6 Å². The van der Waals surface area contributed by atoms with Gasteiger partial charge in [0.2, 0.25) is 5.91 Å². The highest BCUT2D eigenvalue weighted by Gasteiger charge is 2.37. The lowest BCUT2D eigenvalue weighted by Gasteiger charge is -2.26. The Morgan fingerprint density at radius 3 is 2.71 bits per heavy atom. The van der Waals surface area contributed by atoms with Gasteiger partial charge in [-0.05, 0) is 62.6 Å². The second kappa shape index (κ2) is 14.3. The van der Waals surface area contributed by atoms with E-state index in [0.29, 0.717) is 56.1 Å². The molecule has 0 saturated carbocycles. The third-order valence-corrected chi connectivity index (χ3v) is 7.04. The summed E-state index contributed by atoms with van der Waals surface area (Å²) in [6.45, 7) is 11.1. The van der Waals surface area contributed by atoms with Crippen molar-refractivity contribution in [3.63, 3.8) is 0 Å². The van der Waals surface area contributed by atoms with Crippen molar-refractivity contribution in [3.8, 4) is 5.75 Å². The largest absolute Gasteiger partial charge is 0.494 e. The first kappa shape index (κ1) is 28.8. The number of allylic oxidation sites excluding steroid dienone is 2. The lowest BCUT2D eigenvalue weighted by molar-refractivity contribution is -0.134. The molecule has 1 aliphatic rings. The van der Waals surface area contributed by atoms with Crippen molar-refractivity contribution in [1.82, 2.24) is 20.5 Å². The summed E-state index contributed by atoms with van der Waals surface area (Å²) in [5, 5.41) is 7.17. The molecule has 2 N–H and O–H groups in total. The molecule has 1 fully saturated rings. The summed E-state index contributed by atoms with van der Waals surface area (Å²) < 4.78 is 19.7. The molecule has 2 aromatic heterocycles. The maximum absolute atomic E-state index is 13.3.